The highest BCUT2D eigenvalue weighted by Gasteiger charge is 2.36. The van der Waals surface area contributed by atoms with E-state index >= 15 is 0 Å². The van der Waals surface area contributed by atoms with Crippen molar-refractivity contribution in [2.75, 3.05) is 20.1 Å². The fourth-order valence-electron chi connectivity index (χ4n) is 4.26. The average Bonchev–Trinajstić information content (AvgIpc) is 2.89. The van der Waals surface area contributed by atoms with Crippen LogP contribution in [0.25, 0.3) is 0 Å². The van der Waals surface area contributed by atoms with Crippen molar-refractivity contribution in [2.24, 2.45) is 0 Å². The van der Waals surface area contributed by atoms with Gasteiger partial charge in [0.2, 0.25) is 5.88 Å². The van der Waals surface area contributed by atoms with E-state index in [2.05, 4.69) is 15.0 Å². The van der Waals surface area contributed by atoms with Crippen molar-refractivity contribution in [3.8, 4) is 11.6 Å². The Labute approximate surface area is 220 Å². The zero-order chi connectivity index (χ0) is 29.1. The molecule has 11 heteroatoms. The number of rotatable bonds is 6. The van der Waals surface area contributed by atoms with E-state index in [1.807, 2.05) is 18.2 Å². The highest BCUT2D eigenvalue weighted by Crippen LogP contribution is 2.31. The predicted octanol–water partition coefficient (Wildman–Crippen LogP) is 5.07. The Morgan fingerprint density at radius 2 is 1.89 bits per heavy atom. The van der Waals surface area contributed by atoms with Gasteiger partial charge in [-0.15, -0.1) is 13.2 Å². The number of aromatic nitrogens is 1. The SMILES string of the molecule is [2H]C([2H])([2H])Oc1ncc(C(=O)N2CC[C@@H](NC(=O)c3ccccc3OC(F)(F)F)[C@@H](c3ccccc3)C2)cc1Cl. The third-order valence-electron chi connectivity index (χ3n) is 5.95. The smallest absolute Gasteiger partial charge is 0.480 e. The summed E-state index contributed by atoms with van der Waals surface area (Å²) in [4.78, 5) is 31.8. The van der Waals surface area contributed by atoms with Crippen LogP contribution in [0, 0.1) is 0 Å². The van der Waals surface area contributed by atoms with Crippen LogP contribution in [0.2, 0.25) is 5.02 Å². The Kier molecular flexibility index (Phi) is 6.71. The van der Waals surface area contributed by atoms with Crippen LogP contribution in [0.5, 0.6) is 11.6 Å². The van der Waals surface area contributed by atoms with Crippen molar-refractivity contribution in [3.63, 3.8) is 0 Å². The molecule has 1 aliphatic heterocycles. The van der Waals surface area contributed by atoms with Crippen molar-refractivity contribution in [2.45, 2.75) is 24.7 Å². The van der Waals surface area contributed by atoms with Crippen molar-refractivity contribution in [3.05, 3.63) is 88.6 Å². The number of amides is 2. The van der Waals surface area contributed by atoms with Crippen LogP contribution in [-0.4, -0.2) is 54.2 Å². The second kappa shape index (κ2) is 11.1. The topological polar surface area (TPSA) is 80.8 Å². The van der Waals surface area contributed by atoms with Gasteiger partial charge in [0.25, 0.3) is 11.8 Å². The lowest BCUT2D eigenvalue weighted by Gasteiger charge is -2.39. The molecule has 2 aromatic carbocycles. The van der Waals surface area contributed by atoms with E-state index in [1.165, 1.54) is 24.3 Å². The van der Waals surface area contributed by atoms with Crippen LogP contribution in [0.15, 0.2) is 66.9 Å². The van der Waals surface area contributed by atoms with Crippen molar-refractivity contribution >= 4 is 23.4 Å². The summed E-state index contributed by atoms with van der Waals surface area (Å²) < 4.78 is 68.9. The number of likely N-dealkylation sites (tertiary alicyclic amines) is 1. The number of ether oxygens (including phenoxy) is 2. The first-order chi connectivity index (χ1) is 18.8. The molecular formula is C26H23ClF3N3O4. The third kappa shape index (κ3) is 6.32. The third-order valence-corrected chi connectivity index (χ3v) is 6.22. The number of methoxy groups -OCH3 is 1. The van der Waals surface area contributed by atoms with Gasteiger partial charge in [0.05, 0.1) is 22.3 Å². The minimum Gasteiger partial charge on any atom is -0.480 e. The Bertz CT molecular complexity index is 1380. The van der Waals surface area contributed by atoms with E-state index in [4.69, 9.17) is 20.5 Å². The molecule has 1 fully saturated rings. The van der Waals surface area contributed by atoms with E-state index < -0.39 is 42.9 Å². The molecule has 0 aliphatic carbocycles. The van der Waals surface area contributed by atoms with Crippen LogP contribution in [-0.2, 0) is 0 Å². The Morgan fingerprint density at radius 1 is 1.16 bits per heavy atom. The molecule has 3 aromatic rings. The highest BCUT2D eigenvalue weighted by atomic mass is 35.5. The summed E-state index contributed by atoms with van der Waals surface area (Å²) in [5, 5.41) is 2.67. The van der Waals surface area contributed by atoms with Gasteiger partial charge in [-0.3, -0.25) is 9.59 Å². The molecule has 1 aliphatic rings. The van der Waals surface area contributed by atoms with Crippen LogP contribution in [0.1, 0.15) is 42.7 Å². The second-order valence-electron chi connectivity index (χ2n) is 8.29. The van der Waals surface area contributed by atoms with Crippen molar-refractivity contribution < 1.29 is 36.3 Å². The van der Waals surface area contributed by atoms with Gasteiger partial charge in [-0.2, -0.15) is 0 Å². The number of piperidine rings is 1. The maximum Gasteiger partial charge on any atom is 0.573 e. The molecule has 0 unspecified atom stereocenters. The van der Waals surface area contributed by atoms with E-state index in [0.29, 0.717) is 6.42 Å². The minimum absolute atomic E-state index is 0.107. The average molecular weight is 537 g/mol. The molecule has 0 saturated carbocycles. The molecule has 2 atom stereocenters. The highest BCUT2D eigenvalue weighted by molar-refractivity contribution is 6.32. The van der Waals surface area contributed by atoms with Crippen LogP contribution < -0.4 is 14.8 Å². The largest absolute Gasteiger partial charge is 0.573 e. The fraction of sp³-hybridized carbons (Fsp3) is 0.269. The lowest BCUT2D eigenvalue weighted by molar-refractivity contribution is -0.274. The quantitative estimate of drug-likeness (QED) is 0.476. The maximum absolute atomic E-state index is 13.3. The summed E-state index contributed by atoms with van der Waals surface area (Å²) in [7, 11) is -2.77. The number of pyridine rings is 1. The number of carbonyl (C=O) groups is 2. The predicted molar refractivity (Wildman–Crippen MR) is 130 cm³/mol. The van der Waals surface area contributed by atoms with Crippen LogP contribution in [0.3, 0.4) is 0 Å². The van der Waals surface area contributed by atoms with Crippen LogP contribution in [0.4, 0.5) is 13.2 Å². The zero-order valence-corrected chi connectivity index (χ0v) is 19.9. The summed E-state index contributed by atoms with van der Waals surface area (Å²) in [5.74, 6) is -2.53. The van der Waals surface area contributed by atoms with Gasteiger partial charge in [0.15, 0.2) is 0 Å². The molecule has 7 nitrogen and oxygen atoms in total. The number of para-hydroxylation sites is 1. The van der Waals surface area contributed by atoms with Gasteiger partial charge in [0.1, 0.15) is 10.8 Å². The summed E-state index contributed by atoms with van der Waals surface area (Å²) in [5.41, 5.74) is 0.642. The molecule has 0 spiro atoms. The lowest BCUT2D eigenvalue weighted by Crippen LogP contribution is -2.51. The second-order valence-corrected chi connectivity index (χ2v) is 8.70. The molecular weight excluding hydrogens is 511 g/mol. The number of nitrogens with zero attached hydrogens (tertiary/aromatic N) is 2. The first-order valence-corrected chi connectivity index (χ1v) is 11.5. The Morgan fingerprint density at radius 3 is 2.59 bits per heavy atom. The molecule has 0 radical (unpaired) electrons. The molecule has 2 heterocycles. The van der Waals surface area contributed by atoms with Gasteiger partial charge in [0, 0.05) is 31.2 Å². The number of halogens is 4. The molecule has 194 valence electrons. The van der Waals surface area contributed by atoms with Crippen molar-refractivity contribution in [1.82, 2.24) is 15.2 Å². The van der Waals surface area contributed by atoms with Gasteiger partial charge >= 0.3 is 6.36 Å². The Balaban J connectivity index is 1.54. The maximum atomic E-state index is 13.3. The standard InChI is InChI=1S/C26H23ClF3N3O4/c1-36-24-20(27)13-17(14-31-24)25(35)33-12-11-21(19(15-33)16-7-3-2-4-8-16)32-23(34)18-9-5-6-10-22(18)37-26(28,29)30/h2-10,13-14,19,21H,11-12,15H2,1H3,(H,32,34)/t19-,21-/m1/s1/i1D3. The first-order valence-electron chi connectivity index (χ1n) is 12.6. The van der Waals surface area contributed by atoms with E-state index in [9.17, 15) is 22.8 Å². The molecule has 37 heavy (non-hydrogen) atoms. The summed E-state index contributed by atoms with van der Waals surface area (Å²) >= 11 is 6.10. The van der Waals surface area contributed by atoms with Gasteiger partial charge in [-0.05, 0) is 30.2 Å². The number of hydrogen-bond acceptors (Lipinski definition) is 5. The number of nitrogens with one attached hydrogen (secondary N) is 1. The molecule has 1 N–H and O–H groups in total. The summed E-state index contributed by atoms with van der Waals surface area (Å²) in [6, 6.07) is 14.9. The molecule has 4 rings (SSSR count). The zero-order valence-electron chi connectivity index (χ0n) is 22.2. The van der Waals surface area contributed by atoms with E-state index in [-0.39, 0.29) is 35.1 Å². The molecule has 2 amide bonds. The number of alkyl halides is 3. The van der Waals surface area contributed by atoms with Crippen LogP contribution >= 0.6 is 11.6 Å². The normalized spacial score (nSPS) is 19.2. The van der Waals surface area contributed by atoms with Gasteiger partial charge in [-0.1, -0.05) is 54.1 Å². The minimum atomic E-state index is -4.97. The molecule has 1 saturated heterocycles. The number of hydrogen-bond donors (Lipinski definition) is 1. The lowest BCUT2D eigenvalue weighted by atomic mass is 9.85. The van der Waals surface area contributed by atoms with E-state index in [1.54, 1.807) is 17.0 Å². The fourth-order valence-corrected chi connectivity index (χ4v) is 4.47. The monoisotopic (exact) mass is 536 g/mol. The summed E-state index contributed by atoms with van der Waals surface area (Å²) in [6.45, 7) is 0.374. The van der Waals surface area contributed by atoms with Gasteiger partial charge < -0.3 is 19.7 Å². The Hall–Kier alpha value is -3.79. The number of carbonyl (C=O) groups excluding carboxylic acids is 2. The number of benzene rings is 2. The van der Waals surface area contributed by atoms with E-state index in [0.717, 1.165) is 17.8 Å². The first kappa shape index (κ1) is 22.4. The van der Waals surface area contributed by atoms with Gasteiger partial charge in [-0.25, -0.2) is 4.98 Å². The molecule has 1 aromatic heterocycles. The van der Waals surface area contributed by atoms with Crippen molar-refractivity contribution in [1.29, 1.82) is 0 Å². The molecule has 0 bridgehead atoms. The summed E-state index contributed by atoms with van der Waals surface area (Å²) in [6.07, 6.45) is -3.51.